The van der Waals surface area contributed by atoms with Crippen LogP contribution in [-0.2, 0) is 13.3 Å². The molecule has 0 saturated heterocycles. The van der Waals surface area contributed by atoms with E-state index >= 15 is 0 Å². The molecule has 0 amide bonds. The molecule has 0 saturated carbocycles. The van der Waals surface area contributed by atoms with Gasteiger partial charge in [-0.1, -0.05) is 6.08 Å². The van der Waals surface area contributed by atoms with E-state index in [-0.39, 0.29) is 6.10 Å². The van der Waals surface area contributed by atoms with Gasteiger partial charge in [-0.25, -0.2) is 0 Å². The summed E-state index contributed by atoms with van der Waals surface area (Å²) in [5, 5.41) is 0. The summed E-state index contributed by atoms with van der Waals surface area (Å²) in [6.45, 7) is 5.84. The summed E-state index contributed by atoms with van der Waals surface area (Å²) in [4.78, 5) is 0. The van der Waals surface area contributed by atoms with E-state index in [2.05, 4.69) is 0 Å². The number of allylic oxidation sites excluding steroid dienone is 1. The zero-order valence-electron chi connectivity index (χ0n) is 8.46. The second kappa shape index (κ2) is 5.48. The Morgan fingerprint density at radius 1 is 1.17 bits per heavy atom. The highest BCUT2D eigenvalue weighted by atomic mass is 28.4. The maximum Gasteiger partial charge on any atom is 0.528 e. The van der Waals surface area contributed by atoms with E-state index in [0.29, 0.717) is 0 Å². The first-order chi connectivity index (χ1) is 5.60. The molecule has 0 fully saturated rings. The Balaban J connectivity index is 4.35. The first-order valence-corrected chi connectivity index (χ1v) is 5.82. The summed E-state index contributed by atoms with van der Waals surface area (Å²) < 4.78 is 16.1. The Labute approximate surface area is 75.7 Å². The summed E-state index contributed by atoms with van der Waals surface area (Å²) in [6, 6.07) is 0. The van der Waals surface area contributed by atoms with Crippen LogP contribution in [0, 0.1) is 0 Å². The van der Waals surface area contributed by atoms with Crippen molar-refractivity contribution in [3.63, 3.8) is 0 Å². The fourth-order valence-corrected chi connectivity index (χ4v) is 2.66. The van der Waals surface area contributed by atoms with Crippen molar-refractivity contribution < 1.29 is 13.3 Å². The van der Waals surface area contributed by atoms with Gasteiger partial charge in [-0.3, -0.25) is 0 Å². The van der Waals surface area contributed by atoms with E-state index in [0.717, 1.165) is 0 Å². The predicted octanol–water partition coefficient (Wildman–Crippen LogP) is 1.76. The molecule has 0 aromatic rings. The van der Waals surface area contributed by atoms with Gasteiger partial charge >= 0.3 is 8.80 Å². The Bertz CT molecular complexity index is 141. The molecule has 12 heavy (non-hydrogen) atoms. The lowest BCUT2D eigenvalue weighted by atomic mass is 10.5. The zero-order chi connectivity index (χ0) is 9.61. The highest BCUT2D eigenvalue weighted by molar-refractivity contribution is 6.66. The Morgan fingerprint density at radius 3 is 1.92 bits per heavy atom. The van der Waals surface area contributed by atoms with Crippen LogP contribution in [-0.4, -0.2) is 29.1 Å². The van der Waals surface area contributed by atoms with Crippen LogP contribution in [0.2, 0.25) is 0 Å². The molecule has 0 spiro atoms. The first-order valence-electron chi connectivity index (χ1n) is 4.02. The van der Waals surface area contributed by atoms with Crippen molar-refractivity contribution in [2.75, 3.05) is 14.2 Å². The second-order valence-electron chi connectivity index (χ2n) is 2.68. The van der Waals surface area contributed by atoms with Gasteiger partial charge in [0.2, 0.25) is 0 Å². The topological polar surface area (TPSA) is 27.7 Å². The van der Waals surface area contributed by atoms with Crippen molar-refractivity contribution in [1.29, 1.82) is 0 Å². The third-order valence-electron chi connectivity index (χ3n) is 1.34. The molecule has 0 aliphatic rings. The van der Waals surface area contributed by atoms with Crippen LogP contribution in [0.15, 0.2) is 11.8 Å². The summed E-state index contributed by atoms with van der Waals surface area (Å²) in [7, 11) is 0.731. The molecule has 0 aromatic heterocycles. The molecular weight excluding hydrogens is 172 g/mol. The van der Waals surface area contributed by atoms with E-state index < -0.39 is 8.80 Å². The van der Waals surface area contributed by atoms with Crippen LogP contribution in [0.3, 0.4) is 0 Å². The first kappa shape index (κ1) is 11.8. The molecule has 0 radical (unpaired) electrons. The minimum Gasteiger partial charge on any atom is -0.374 e. The standard InChI is InChI=1S/C8H18O3Si/c1-6-7-12(9-4,10-5)11-8(2)3/h6-8H,1-5H3. The van der Waals surface area contributed by atoms with Crippen LogP contribution in [0.4, 0.5) is 0 Å². The molecule has 0 atom stereocenters. The number of hydrogen-bond acceptors (Lipinski definition) is 3. The maximum absolute atomic E-state index is 5.58. The number of hydrogen-bond donors (Lipinski definition) is 0. The molecule has 0 N–H and O–H groups in total. The van der Waals surface area contributed by atoms with Crippen molar-refractivity contribution in [1.82, 2.24) is 0 Å². The molecular formula is C8H18O3Si. The van der Waals surface area contributed by atoms with Gasteiger partial charge < -0.3 is 13.3 Å². The van der Waals surface area contributed by atoms with Gasteiger partial charge in [-0.2, -0.15) is 0 Å². The smallest absolute Gasteiger partial charge is 0.374 e. The molecule has 0 aliphatic heterocycles. The van der Waals surface area contributed by atoms with Gasteiger partial charge in [0, 0.05) is 20.3 Å². The highest BCUT2D eigenvalue weighted by Gasteiger charge is 2.36. The van der Waals surface area contributed by atoms with E-state index in [4.69, 9.17) is 13.3 Å². The Kier molecular flexibility index (Phi) is 5.40. The molecule has 0 bridgehead atoms. The molecule has 0 aliphatic carbocycles. The summed E-state index contributed by atoms with van der Waals surface area (Å²) in [5.41, 5.74) is 1.87. The minimum atomic E-state index is -2.49. The van der Waals surface area contributed by atoms with Crippen LogP contribution >= 0.6 is 0 Å². The highest BCUT2D eigenvalue weighted by Crippen LogP contribution is 2.11. The third-order valence-corrected chi connectivity index (χ3v) is 4.02. The molecule has 4 heteroatoms. The average Bonchev–Trinajstić information content (AvgIpc) is 2.03. The van der Waals surface area contributed by atoms with E-state index in [9.17, 15) is 0 Å². The fourth-order valence-electron chi connectivity index (χ4n) is 0.888. The molecule has 0 heterocycles. The van der Waals surface area contributed by atoms with E-state index in [1.807, 2.05) is 32.5 Å². The quantitative estimate of drug-likeness (QED) is 0.618. The van der Waals surface area contributed by atoms with Crippen LogP contribution in [0.25, 0.3) is 0 Å². The van der Waals surface area contributed by atoms with Gasteiger partial charge in [-0.15, -0.1) is 0 Å². The lowest BCUT2D eigenvalue weighted by molar-refractivity contribution is 0.0822. The Morgan fingerprint density at radius 2 is 1.67 bits per heavy atom. The summed E-state index contributed by atoms with van der Waals surface area (Å²) >= 11 is 0. The molecule has 0 rings (SSSR count). The van der Waals surface area contributed by atoms with Crippen molar-refractivity contribution in [2.24, 2.45) is 0 Å². The van der Waals surface area contributed by atoms with Crippen molar-refractivity contribution in [3.05, 3.63) is 11.8 Å². The molecule has 0 aromatic carbocycles. The normalized spacial score (nSPS) is 13.2. The lowest BCUT2D eigenvalue weighted by Crippen LogP contribution is -2.44. The average molecular weight is 190 g/mol. The van der Waals surface area contributed by atoms with Crippen molar-refractivity contribution in [3.8, 4) is 0 Å². The van der Waals surface area contributed by atoms with Crippen LogP contribution in [0.5, 0.6) is 0 Å². The van der Waals surface area contributed by atoms with Gasteiger partial charge in [0.05, 0.1) is 0 Å². The summed E-state index contributed by atoms with van der Waals surface area (Å²) in [5.74, 6) is 0. The second-order valence-corrected chi connectivity index (χ2v) is 5.27. The van der Waals surface area contributed by atoms with Crippen molar-refractivity contribution >= 4 is 8.80 Å². The summed E-state index contributed by atoms with van der Waals surface area (Å²) in [6.07, 6.45) is 2.01. The zero-order valence-corrected chi connectivity index (χ0v) is 9.46. The molecule has 0 unspecified atom stereocenters. The van der Waals surface area contributed by atoms with Crippen molar-refractivity contribution in [2.45, 2.75) is 26.9 Å². The molecule has 3 nitrogen and oxygen atoms in total. The van der Waals surface area contributed by atoms with Crippen LogP contribution in [0.1, 0.15) is 20.8 Å². The van der Waals surface area contributed by atoms with E-state index in [1.165, 1.54) is 0 Å². The van der Waals surface area contributed by atoms with E-state index in [1.54, 1.807) is 14.2 Å². The van der Waals surface area contributed by atoms with Gasteiger partial charge in [0.25, 0.3) is 0 Å². The third kappa shape index (κ3) is 3.49. The fraction of sp³-hybridized carbons (Fsp3) is 0.750. The Hall–Kier alpha value is -0.163. The maximum atomic E-state index is 5.58. The van der Waals surface area contributed by atoms with Crippen LogP contribution < -0.4 is 0 Å². The predicted molar refractivity (Wildman–Crippen MR) is 50.8 cm³/mol. The SMILES string of the molecule is CC=C[Si](OC)(OC)OC(C)C. The van der Waals surface area contributed by atoms with Gasteiger partial charge in [0.15, 0.2) is 0 Å². The lowest BCUT2D eigenvalue weighted by Gasteiger charge is -2.25. The minimum absolute atomic E-state index is 0.118. The number of rotatable bonds is 5. The van der Waals surface area contributed by atoms with Gasteiger partial charge in [0.1, 0.15) is 0 Å². The van der Waals surface area contributed by atoms with Gasteiger partial charge in [-0.05, 0) is 26.5 Å². The monoisotopic (exact) mass is 190 g/mol. The molecule has 72 valence electrons. The largest absolute Gasteiger partial charge is 0.528 e.